The molecule has 0 bridgehead atoms. The van der Waals surface area contributed by atoms with Crippen LogP contribution in [0.4, 0.5) is 0 Å². The van der Waals surface area contributed by atoms with Gasteiger partial charge >= 0.3 is 0 Å². The van der Waals surface area contributed by atoms with Crippen molar-refractivity contribution in [3.05, 3.63) is 36.1 Å². The summed E-state index contributed by atoms with van der Waals surface area (Å²) >= 11 is 0. The van der Waals surface area contributed by atoms with Crippen molar-refractivity contribution >= 4 is 11.6 Å². The number of nitrogens with one attached hydrogen (secondary N) is 1. The van der Waals surface area contributed by atoms with E-state index in [9.17, 15) is 4.79 Å². The largest absolute Gasteiger partial charge is 0.322 e. The zero-order valence-electron chi connectivity index (χ0n) is 14.8. The molecule has 1 aliphatic rings. The Morgan fingerprint density at radius 2 is 1.91 bits per heavy atom. The standard InChI is InChI=1S/C19H31N3O/c1-5-9-12-14(13-10-6-2)17-15(8-4)16(11-7-3)21-19(23)18(20)22-17/h7-8,11,14,18H,3,5-6,9-10,12-13,20H2,1-2,4H3,(H,21,23)/b15-8+,16-11+. The van der Waals surface area contributed by atoms with E-state index in [-0.39, 0.29) is 5.91 Å². The molecule has 0 aliphatic carbocycles. The van der Waals surface area contributed by atoms with Gasteiger partial charge in [0.2, 0.25) is 0 Å². The minimum Gasteiger partial charge on any atom is -0.322 e. The molecule has 0 radical (unpaired) electrons. The summed E-state index contributed by atoms with van der Waals surface area (Å²) in [5, 5.41) is 2.87. The predicted molar refractivity (Wildman–Crippen MR) is 98.1 cm³/mol. The summed E-state index contributed by atoms with van der Waals surface area (Å²) in [5.74, 6) is 0.0743. The number of nitrogens with zero attached hydrogens (tertiary/aromatic N) is 1. The lowest BCUT2D eigenvalue weighted by Crippen LogP contribution is -2.37. The van der Waals surface area contributed by atoms with Crippen LogP contribution in [0.1, 0.15) is 59.3 Å². The fourth-order valence-electron chi connectivity index (χ4n) is 2.89. The van der Waals surface area contributed by atoms with Crippen LogP contribution in [0.15, 0.2) is 41.1 Å². The monoisotopic (exact) mass is 317 g/mol. The number of hydrogen-bond acceptors (Lipinski definition) is 3. The summed E-state index contributed by atoms with van der Waals surface area (Å²) < 4.78 is 0. The fraction of sp³-hybridized carbons (Fsp3) is 0.579. The highest BCUT2D eigenvalue weighted by Gasteiger charge is 2.28. The Kier molecular flexibility index (Phi) is 8.56. The molecule has 1 unspecified atom stereocenters. The van der Waals surface area contributed by atoms with E-state index in [1.54, 1.807) is 6.08 Å². The Hall–Kier alpha value is -1.68. The SMILES string of the molecule is C=C/C=C1/NC(=O)C(N)N=C(C(CCCC)CCCC)/C1=C/C. The Morgan fingerprint density at radius 3 is 2.39 bits per heavy atom. The molecule has 1 aliphatic heterocycles. The van der Waals surface area contributed by atoms with Crippen molar-refractivity contribution in [2.75, 3.05) is 0 Å². The quantitative estimate of drug-likeness (QED) is 0.714. The van der Waals surface area contributed by atoms with Crippen LogP contribution in [0, 0.1) is 5.92 Å². The highest BCUT2D eigenvalue weighted by Crippen LogP contribution is 2.26. The van der Waals surface area contributed by atoms with Crippen molar-refractivity contribution in [3.8, 4) is 0 Å². The molecule has 4 heteroatoms. The normalized spacial score (nSPS) is 22.2. The van der Waals surface area contributed by atoms with Crippen LogP contribution in [0.5, 0.6) is 0 Å². The van der Waals surface area contributed by atoms with Gasteiger partial charge in [-0.1, -0.05) is 58.3 Å². The van der Waals surface area contributed by atoms with Crippen LogP contribution < -0.4 is 11.1 Å². The number of amides is 1. The smallest absolute Gasteiger partial charge is 0.263 e. The van der Waals surface area contributed by atoms with E-state index in [1.807, 2.05) is 19.1 Å². The highest BCUT2D eigenvalue weighted by atomic mass is 16.2. The molecule has 0 aromatic rings. The number of unbranched alkanes of at least 4 members (excludes halogenated alkanes) is 2. The maximum absolute atomic E-state index is 12.1. The molecule has 0 fully saturated rings. The van der Waals surface area contributed by atoms with E-state index in [2.05, 4.69) is 30.7 Å². The van der Waals surface area contributed by atoms with Crippen molar-refractivity contribution in [1.29, 1.82) is 0 Å². The van der Waals surface area contributed by atoms with Crippen molar-refractivity contribution in [1.82, 2.24) is 5.32 Å². The first kappa shape index (κ1) is 19.4. The van der Waals surface area contributed by atoms with Crippen LogP contribution in [0.2, 0.25) is 0 Å². The first-order valence-electron chi connectivity index (χ1n) is 8.72. The first-order valence-corrected chi connectivity index (χ1v) is 8.72. The zero-order valence-corrected chi connectivity index (χ0v) is 14.8. The second-order valence-electron chi connectivity index (χ2n) is 5.95. The average molecular weight is 317 g/mol. The molecule has 0 aromatic carbocycles. The third-order valence-electron chi connectivity index (χ3n) is 4.14. The second-order valence-corrected chi connectivity index (χ2v) is 5.95. The van der Waals surface area contributed by atoms with Gasteiger partial charge in [-0.3, -0.25) is 9.79 Å². The number of aliphatic imine (C=N–C) groups is 1. The van der Waals surface area contributed by atoms with E-state index in [1.165, 1.54) is 0 Å². The topological polar surface area (TPSA) is 67.5 Å². The molecule has 1 rings (SSSR count). The Bertz CT molecular complexity index is 495. The van der Waals surface area contributed by atoms with E-state index >= 15 is 0 Å². The second kappa shape index (κ2) is 10.2. The molecule has 0 saturated carbocycles. The van der Waals surface area contributed by atoms with Crippen molar-refractivity contribution in [3.63, 3.8) is 0 Å². The summed E-state index contributed by atoms with van der Waals surface area (Å²) in [5.41, 5.74) is 8.65. The lowest BCUT2D eigenvalue weighted by Gasteiger charge is -2.21. The molecule has 0 spiro atoms. The molecule has 0 saturated heterocycles. The summed E-state index contributed by atoms with van der Waals surface area (Å²) in [7, 11) is 0. The average Bonchev–Trinajstić information content (AvgIpc) is 2.65. The van der Waals surface area contributed by atoms with E-state index in [4.69, 9.17) is 5.73 Å². The molecule has 4 nitrogen and oxygen atoms in total. The first-order chi connectivity index (χ1) is 11.1. The van der Waals surface area contributed by atoms with E-state index < -0.39 is 6.17 Å². The molecule has 128 valence electrons. The number of rotatable bonds is 8. The summed E-state index contributed by atoms with van der Waals surface area (Å²) in [4.78, 5) is 16.7. The molecule has 0 aromatic heterocycles. The van der Waals surface area contributed by atoms with Gasteiger partial charge in [0.25, 0.3) is 5.91 Å². The fourth-order valence-corrected chi connectivity index (χ4v) is 2.89. The minimum absolute atomic E-state index is 0.266. The van der Waals surface area contributed by atoms with Crippen LogP contribution in [0.3, 0.4) is 0 Å². The van der Waals surface area contributed by atoms with Gasteiger partial charge in [0, 0.05) is 22.9 Å². The molecule has 1 amide bonds. The van der Waals surface area contributed by atoms with Gasteiger partial charge in [0.05, 0.1) is 0 Å². The zero-order chi connectivity index (χ0) is 17.2. The van der Waals surface area contributed by atoms with Gasteiger partial charge in [0.15, 0.2) is 6.17 Å². The number of hydrogen-bond donors (Lipinski definition) is 2. The number of nitrogens with two attached hydrogens (primary N) is 1. The van der Waals surface area contributed by atoms with Crippen LogP contribution in [-0.4, -0.2) is 17.8 Å². The maximum Gasteiger partial charge on any atom is 0.263 e. The maximum atomic E-state index is 12.1. The van der Waals surface area contributed by atoms with E-state index in [0.717, 1.165) is 55.5 Å². The minimum atomic E-state index is -0.846. The van der Waals surface area contributed by atoms with Crippen LogP contribution in [-0.2, 0) is 4.79 Å². The highest BCUT2D eigenvalue weighted by molar-refractivity contribution is 6.08. The molecular weight excluding hydrogens is 286 g/mol. The van der Waals surface area contributed by atoms with Gasteiger partial charge < -0.3 is 11.1 Å². The predicted octanol–water partition coefficient (Wildman–Crippen LogP) is 3.85. The molecule has 23 heavy (non-hydrogen) atoms. The van der Waals surface area contributed by atoms with Crippen molar-refractivity contribution in [2.24, 2.45) is 16.6 Å². The van der Waals surface area contributed by atoms with Gasteiger partial charge in [-0.15, -0.1) is 0 Å². The van der Waals surface area contributed by atoms with E-state index in [0.29, 0.717) is 5.92 Å². The van der Waals surface area contributed by atoms with Crippen molar-refractivity contribution < 1.29 is 4.79 Å². The third-order valence-corrected chi connectivity index (χ3v) is 4.14. The number of carbonyl (C=O) groups is 1. The molecule has 3 N–H and O–H groups in total. The Morgan fingerprint density at radius 1 is 1.30 bits per heavy atom. The van der Waals surface area contributed by atoms with Crippen LogP contribution >= 0.6 is 0 Å². The number of allylic oxidation sites excluding steroid dienone is 4. The van der Waals surface area contributed by atoms with Gasteiger partial charge in [-0.2, -0.15) is 0 Å². The molecular formula is C19H31N3O. The Balaban J connectivity index is 3.26. The Labute approximate surface area is 140 Å². The number of carbonyl (C=O) groups excluding carboxylic acids is 1. The van der Waals surface area contributed by atoms with Gasteiger partial charge in [-0.25, -0.2) is 0 Å². The van der Waals surface area contributed by atoms with Crippen LogP contribution in [0.25, 0.3) is 0 Å². The van der Waals surface area contributed by atoms with Gasteiger partial charge in [0.1, 0.15) is 0 Å². The lowest BCUT2D eigenvalue weighted by molar-refractivity contribution is -0.121. The summed E-state index contributed by atoms with van der Waals surface area (Å²) in [6.45, 7) is 10.1. The van der Waals surface area contributed by atoms with Crippen molar-refractivity contribution in [2.45, 2.75) is 65.5 Å². The molecule has 1 atom stereocenters. The summed E-state index contributed by atoms with van der Waals surface area (Å²) in [6.07, 6.45) is 11.4. The third kappa shape index (κ3) is 5.47. The van der Waals surface area contributed by atoms with Gasteiger partial charge in [-0.05, 0) is 25.8 Å². The lowest BCUT2D eigenvalue weighted by atomic mass is 9.86. The molecule has 1 heterocycles. The summed E-state index contributed by atoms with van der Waals surface area (Å²) in [6, 6.07) is 0.